The molecule has 0 fully saturated rings. The smallest absolute Gasteiger partial charge is 0.358 e. The SMILES string of the molecule is CC(=O)Cc1cccc2c([N+](=O)[O-])ncn12. The van der Waals surface area contributed by atoms with Crippen LogP contribution in [0.15, 0.2) is 24.5 Å². The summed E-state index contributed by atoms with van der Waals surface area (Å²) < 4.78 is 1.57. The molecule has 0 saturated carbocycles. The summed E-state index contributed by atoms with van der Waals surface area (Å²) in [5.74, 6) is -0.186. The normalized spacial score (nSPS) is 10.6. The number of ketones is 1. The van der Waals surface area contributed by atoms with E-state index in [2.05, 4.69) is 4.98 Å². The monoisotopic (exact) mass is 219 g/mol. The highest BCUT2D eigenvalue weighted by molar-refractivity contribution is 5.78. The molecule has 2 aromatic rings. The van der Waals surface area contributed by atoms with E-state index in [1.54, 1.807) is 22.6 Å². The van der Waals surface area contributed by atoms with E-state index in [1.165, 1.54) is 13.3 Å². The van der Waals surface area contributed by atoms with Gasteiger partial charge in [0.05, 0.1) is 0 Å². The number of nitro groups is 1. The zero-order chi connectivity index (χ0) is 11.7. The highest BCUT2D eigenvalue weighted by atomic mass is 16.6. The molecule has 2 heterocycles. The first-order valence-corrected chi connectivity index (χ1v) is 4.68. The van der Waals surface area contributed by atoms with Crippen molar-refractivity contribution < 1.29 is 9.72 Å². The number of pyridine rings is 1. The van der Waals surface area contributed by atoms with Gasteiger partial charge in [-0.05, 0) is 29.0 Å². The first-order chi connectivity index (χ1) is 7.59. The van der Waals surface area contributed by atoms with Gasteiger partial charge in [-0.2, -0.15) is 0 Å². The lowest BCUT2D eigenvalue weighted by molar-refractivity contribution is -0.387. The highest BCUT2D eigenvalue weighted by Gasteiger charge is 2.16. The highest BCUT2D eigenvalue weighted by Crippen LogP contribution is 2.19. The van der Waals surface area contributed by atoms with Crippen LogP contribution in [0.5, 0.6) is 0 Å². The van der Waals surface area contributed by atoms with Gasteiger partial charge in [0.15, 0.2) is 0 Å². The maximum absolute atomic E-state index is 11.0. The van der Waals surface area contributed by atoms with Gasteiger partial charge in [0.1, 0.15) is 11.3 Å². The number of imidazole rings is 1. The number of Topliss-reactive ketones (excluding diaryl/α,β-unsaturated/α-hetero) is 1. The Balaban J connectivity index is 2.61. The molecule has 0 aliphatic carbocycles. The largest absolute Gasteiger partial charge is 0.389 e. The van der Waals surface area contributed by atoms with E-state index in [9.17, 15) is 14.9 Å². The summed E-state index contributed by atoms with van der Waals surface area (Å²) in [7, 11) is 0. The Labute approximate surface area is 90.7 Å². The number of rotatable bonds is 3. The van der Waals surface area contributed by atoms with Crippen LogP contribution in [-0.4, -0.2) is 20.1 Å². The van der Waals surface area contributed by atoms with Gasteiger partial charge in [0.2, 0.25) is 6.33 Å². The Morgan fingerprint density at radius 2 is 2.31 bits per heavy atom. The van der Waals surface area contributed by atoms with Crippen molar-refractivity contribution in [3.8, 4) is 0 Å². The van der Waals surface area contributed by atoms with Crippen LogP contribution in [0.1, 0.15) is 12.6 Å². The second-order valence-electron chi connectivity index (χ2n) is 3.48. The van der Waals surface area contributed by atoms with Crippen LogP contribution >= 0.6 is 0 Å². The third-order valence-electron chi connectivity index (χ3n) is 2.24. The van der Waals surface area contributed by atoms with Crippen molar-refractivity contribution in [1.29, 1.82) is 0 Å². The molecule has 0 aliphatic rings. The standard InChI is InChI=1S/C10H9N3O3/c1-7(14)5-8-3-2-4-9-10(13(15)16)11-6-12(8)9/h2-4,6H,5H2,1H3. The maximum atomic E-state index is 11.0. The van der Waals surface area contributed by atoms with Crippen molar-refractivity contribution in [2.45, 2.75) is 13.3 Å². The first-order valence-electron chi connectivity index (χ1n) is 4.68. The Morgan fingerprint density at radius 3 is 2.94 bits per heavy atom. The van der Waals surface area contributed by atoms with E-state index in [0.29, 0.717) is 11.2 Å². The van der Waals surface area contributed by atoms with Gasteiger partial charge in [-0.15, -0.1) is 0 Å². The number of hydrogen-bond acceptors (Lipinski definition) is 4. The van der Waals surface area contributed by atoms with E-state index < -0.39 is 4.92 Å². The molecule has 0 unspecified atom stereocenters. The van der Waals surface area contributed by atoms with Crippen LogP contribution in [0.3, 0.4) is 0 Å². The summed E-state index contributed by atoms with van der Waals surface area (Å²) in [5, 5.41) is 10.7. The number of aromatic nitrogens is 2. The quantitative estimate of drug-likeness (QED) is 0.577. The molecule has 0 amide bonds. The summed E-state index contributed by atoms with van der Waals surface area (Å²) in [6.45, 7) is 1.48. The summed E-state index contributed by atoms with van der Waals surface area (Å²) >= 11 is 0. The third kappa shape index (κ3) is 1.65. The van der Waals surface area contributed by atoms with Gasteiger partial charge in [-0.3, -0.25) is 9.20 Å². The van der Waals surface area contributed by atoms with Gasteiger partial charge >= 0.3 is 5.82 Å². The van der Waals surface area contributed by atoms with Crippen LogP contribution in [0.4, 0.5) is 5.82 Å². The topological polar surface area (TPSA) is 77.5 Å². The number of nitrogens with zero attached hydrogens (tertiary/aromatic N) is 3. The fourth-order valence-corrected chi connectivity index (χ4v) is 1.60. The van der Waals surface area contributed by atoms with Crippen molar-refractivity contribution in [2.75, 3.05) is 0 Å². The van der Waals surface area contributed by atoms with Crippen LogP contribution in [-0.2, 0) is 11.2 Å². The number of fused-ring (bicyclic) bond motifs is 1. The summed E-state index contributed by atoms with van der Waals surface area (Å²) in [6.07, 6.45) is 1.61. The van der Waals surface area contributed by atoms with Crippen LogP contribution in [0, 0.1) is 10.1 Å². The number of hydrogen-bond donors (Lipinski definition) is 0. The predicted molar refractivity (Wildman–Crippen MR) is 56.2 cm³/mol. The van der Waals surface area contributed by atoms with Crippen molar-refractivity contribution in [3.63, 3.8) is 0 Å². The molecule has 2 aromatic heterocycles. The Hall–Kier alpha value is -2.24. The molecule has 0 aromatic carbocycles. The minimum absolute atomic E-state index is 0.00357. The first kappa shape index (κ1) is 10.3. The van der Waals surface area contributed by atoms with Gasteiger partial charge in [-0.1, -0.05) is 6.07 Å². The van der Waals surface area contributed by atoms with Crippen molar-refractivity contribution in [2.24, 2.45) is 0 Å². The maximum Gasteiger partial charge on any atom is 0.389 e. The molecule has 0 radical (unpaired) electrons. The number of carbonyl (C=O) groups excluding carboxylic acids is 1. The zero-order valence-electron chi connectivity index (χ0n) is 8.58. The molecule has 0 aliphatic heterocycles. The van der Waals surface area contributed by atoms with Crippen LogP contribution in [0.2, 0.25) is 0 Å². The van der Waals surface area contributed by atoms with Gasteiger partial charge in [0.25, 0.3) is 0 Å². The zero-order valence-corrected chi connectivity index (χ0v) is 8.58. The van der Waals surface area contributed by atoms with E-state index in [1.807, 2.05) is 0 Å². The molecule has 82 valence electrons. The Morgan fingerprint density at radius 1 is 1.56 bits per heavy atom. The van der Waals surface area contributed by atoms with Crippen molar-refractivity contribution in [3.05, 3.63) is 40.3 Å². The minimum atomic E-state index is -0.535. The molecule has 16 heavy (non-hydrogen) atoms. The van der Waals surface area contributed by atoms with E-state index in [0.717, 1.165) is 0 Å². The fourth-order valence-electron chi connectivity index (χ4n) is 1.60. The molecule has 2 rings (SSSR count). The van der Waals surface area contributed by atoms with Crippen LogP contribution < -0.4 is 0 Å². The molecule has 6 nitrogen and oxygen atoms in total. The van der Waals surface area contributed by atoms with Crippen molar-refractivity contribution in [1.82, 2.24) is 9.38 Å². The van der Waals surface area contributed by atoms with Gasteiger partial charge < -0.3 is 10.1 Å². The molecule has 0 atom stereocenters. The van der Waals surface area contributed by atoms with Crippen LogP contribution in [0.25, 0.3) is 5.52 Å². The molecule has 0 saturated heterocycles. The third-order valence-corrected chi connectivity index (χ3v) is 2.24. The lowest BCUT2D eigenvalue weighted by Crippen LogP contribution is -2.02. The Kier molecular flexibility index (Phi) is 2.40. The lowest BCUT2D eigenvalue weighted by atomic mass is 10.2. The molecular weight excluding hydrogens is 210 g/mol. The van der Waals surface area contributed by atoms with Crippen molar-refractivity contribution >= 4 is 17.1 Å². The second kappa shape index (κ2) is 3.73. The summed E-state index contributed by atoms with van der Waals surface area (Å²) in [6, 6.07) is 5.04. The average molecular weight is 219 g/mol. The van der Waals surface area contributed by atoms with Gasteiger partial charge in [0, 0.05) is 12.1 Å². The number of carbonyl (C=O) groups is 1. The van der Waals surface area contributed by atoms with E-state index >= 15 is 0 Å². The molecule has 6 heteroatoms. The molecule has 0 bridgehead atoms. The lowest BCUT2D eigenvalue weighted by Gasteiger charge is -2.01. The molecule has 0 N–H and O–H groups in total. The van der Waals surface area contributed by atoms with E-state index in [4.69, 9.17) is 0 Å². The predicted octanol–water partition coefficient (Wildman–Crippen LogP) is 1.37. The Bertz CT molecular complexity index is 574. The minimum Gasteiger partial charge on any atom is -0.358 e. The van der Waals surface area contributed by atoms with Gasteiger partial charge in [-0.25, -0.2) is 0 Å². The summed E-state index contributed by atoms with van der Waals surface area (Å²) in [5.41, 5.74) is 1.11. The molecular formula is C10H9N3O3. The summed E-state index contributed by atoms with van der Waals surface area (Å²) in [4.78, 5) is 24.9. The molecule has 0 spiro atoms. The average Bonchev–Trinajstić information content (AvgIpc) is 2.61. The van der Waals surface area contributed by atoms with E-state index in [-0.39, 0.29) is 18.0 Å². The fraction of sp³-hybridized carbons (Fsp3) is 0.200. The second-order valence-corrected chi connectivity index (χ2v) is 3.48.